The van der Waals surface area contributed by atoms with E-state index in [9.17, 15) is 0 Å². The van der Waals surface area contributed by atoms with E-state index >= 15 is 0 Å². The molecule has 0 fully saturated rings. The zero-order valence-corrected chi connectivity index (χ0v) is 30.8. The van der Waals surface area contributed by atoms with Crippen molar-refractivity contribution in [2.75, 3.05) is 0 Å². The molecule has 0 amide bonds. The average molecular weight is 701 g/mol. The highest BCUT2D eigenvalue weighted by molar-refractivity contribution is 6.25. The minimum Gasteiger partial charge on any atom is -0.309 e. The highest BCUT2D eigenvalue weighted by Gasteiger charge is 2.20. The first-order valence-corrected chi connectivity index (χ1v) is 19.4. The second-order valence-corrected chi connectivity index (χ2v) is 15.2. The molecule has 0 saturated heterocycles. The van der Waals surface area contributed by atoms with Crippen LogP contribution in [0, 0.1) is 6.92 Å². The first-order chi connectivity index (χ1) is 27.1. The maximum absolute atomic E-state index is 2.48. The van der Waals surface area contributed by atoms with E-state index in [4.69, 9.17) is 0 Å². The molecule has 0 bridgehead atoms. The van der Waals surface area contributed by atoms with Crippen LogP contribution in [-0.2, 0) is 6.42 Å². The van der Waals surface area contributed by atoms with Crippen molar-refractivity contribution in [3.63, 3.8) is 0 Å². The quantitative estimate of drug-likeness (QED) is 0.173. The van der Waals surface area contributed by atoms with E-state index in [0.29, 0.717) is 0 Å². The third kappa shape index (κ3) is 4.25. The summed E-state index contributed by atoms with van der Waals surface area (Å²) in [5.74, 6) is 0. The predicted octanol–water partition coefficient (Wildman–Crippen LogP) is 14.4. The van der Waals surface area contributed by atoms with E-state index in [1.807, 2.05) is 0 Å². The van der Waals surface area contributed by atoms with E-state index in [2.05, 4.69) is 193 Å². The number of para-hydroxylation sites is 3. The lowest BCUT2D eigenvalue weighted by Gasteiger charge is -2.16. The molecule has 9 aromatic carbocycles. The lowest BCUT2D eigenvalue weighted by atomic mass is 9.88. The molecule has 0 radical (unpaired) electrons. The molecule has 258 valence electrons. The van der Waals surface area contributed by atoms with Crippen molar-refractivity contribution in [3.05, 3.63) is 181 Å². The van der Waals surface area contributed by atoms with Crippen LogP contribution >= 0.6 is 0 Å². The molecule has 12 rings (SSSR count). The van der Waals surface area contributed by atoms with Gasteiger partial charge in [0.25, 0.3) is 0 Å². The van der Waals surface area contributed by atoms with Crippen molar-refractivity contribution >= 4 is 81.4 Å². The maximum Gasteiger partial charge on any atom is 0.0620 e. The largest absolute Gasteiger partial charge is 0.309 e. The Morgan fingerprint density at radius 3 is 1.84 bits per heavy atom. The second kappa shape index (κ2) is 11.3. The number of nitrogens with zero attached hydrogens (tertiary/aromatic N) is 2. The molecule has 2 heteroatoms. The summed E-state index contributed by atoms with van der Waals surface area (Å²) in [6.45, 7) is 4.55. The minimum absolute atomic E-state index is 0.956. The molecule has 3 heterocycles. The van der Waals surface area contributed by atoms with Crippen molar-refractivity contribution < 1.29 is 0 Å². The normalized spacial score (nSPS) is 12.3. The maximum atomic E-state index is 2.48. The topological polar surface area (TPSA) is 9.34 Å². The van der Waals surface area contributed by atoms with Gasteiger partial charge >= 0.3 is 0 Å². The van der Waals surface area contributed by atoms with Crippen LogP contribution < -0.4 is 0 Å². The third-order valence-electron chi connectivity index (χ3n) is 12.4. The van der Waals surface area contributed by atoms with Crippen LogP contribution in [0.5, 0.6) is 0 Å². The van der Waals surface area contributed by atoms with Crippen LogP contribution in [0.3, 0.4) is 0 Å². The van der Waals surface area contributed by atoms with Gasteiger partial charge in [-0.2, -0.15) is 0 Å². The third-order valence-corrected chi connectivity index (χ3v) is 12.4. The number of rotatable bonds is 4. The number of hydrogen-bond donors (Lipinski definition) is 0. The van der Waals surface area contributed by atoms with Gasteiger partial charge in [0.2, 0.25) is 0 Å². The summed E-state index contributed by atoms with van der Waals surface area (Å²) in [7, 11) is 0. The van der Waals surface area contributed by atoms with Crippen LogP contribution in [0.4, 0.5) is 0 Å². The van der Waals surface area contributed by atoms with E-state index in [1.54, 1.807) is 0 Å². The van der Waals surface area contributed by atoms with Gasteiger partial charge in [-0.3, -0.25) is 0 Å². The summed E-state index contributed by atoms with van der Waals surface area (Å²) >= 11 is 0. The Hall–Kier alpha value is -6.90. The van der Waals surface area contributed by atoms with E-state index < -0.39 is 0 Å². The molecule has 0 spiro atoms. The Morgan fingerprint density at radius 2 is 1.04 bits per heavy atom. The van der Waals surface area contributed by atoms with Gasteiger partial charge in [-0.05, 0) is 123 Å². The smallest absolute Gasteiger partial charge is 0.0620 e. The minimum atomic E-state index is 0.956. The molecule has 0 atom stereocenters. The Labute approximate surface area is 318 Å². The lowest BCUT2D eigenvalue weighted by molar-refractivity contribution is 1.16. The van der Waals surface area contributed by atoms with Crippen LogP contribution in [0.15, 0.2) is 170 Å². The summed E-state index contributed by atoms with van der Waals surface area (Å²) in [5.41, 5.74) is 15.3. The molecule has 0 aliphatic heterocycles. The Bertz CT molecular complexity index is 3520. The molecule has 0 saturated carbocycles. The van der Waals surface area contributed by atoms with Crippen molar-refractivity contribution in [2.24, 2.45) is 0 Å². The first kappa shape index (κ1) is 30.6. The van der Waals surface area contributed by atoms with Crippen molar-refractivity contribution in [3.8, 4) is 27.9 Å². The highest BCUT2D eigenvalue weighted by atomic mass is 15.0. The standard InChI is InChI=1S/C53H36N2/c1-3-39-40(26-23-37-30-52-48(31-46(37)39)44-16-10-15-43-41-13-6-9-18-50(41)55(52)53(43)44)45-27-36(20-19-32(45)2)33-21-24-38(25-22-33)54-49-17-8-7-14-42(49)47-28-34-11-4-5-12-35(34)29-51(47)54/h4-31H,3H2,1-2H3. The fraction of sp³-hybridized carbons (Fsp3) is 0.0566. The molecule has 0 aliphatic carbocycles. The fourth-order valence-electron chi connectivity index (χ4n) is 9.77. The Kier molecular flexibility index (Phi) is 6.28. The summed E-state index contributed by atoms with van der Waals surface area (Å²) in [6.07, 6.45) is 0.956. The molecule has 55 heavy (non-hydrogen) atoms. The Morgan fingerprint density at radius 1 is 0.400 bits per heavy atom. The van der Waals surface area contributed by atoms with E-state index in [-0.39, 0.29) is 0 Å². The lowest BCUT2D eigenvalue weighted by Crippen LogP contribution is -1.95. The molecule has 0 N–H and O–H groups in total. The SMILES string of the molecule is CCc1c(-c2cc(-c3ccc(-n4c5ccccc5c5cc6ccccc6cc54)cc3)ccc2C)ccc2cc3c(cc12)c1cccc2c4ccccc4n3c21. The summed E-state index contributed by atoms with van der Waals surface area (Å²) in [4.78, 5) is 0. The molecule has 0 aliphatic rings. The van der Waals surface area contributed by atoms with Crippen molar-refractivity contribution in [2.45, 2.75) is 20.3 Å². The van der Waals surface area contributed by atoms with Crippen LogP contribution in [0.2, 0.25) is 0 Å². The average Bonchev–Trinajstić information content (AvgIpc) is 3.86. The number of aryl methyl sites for hydroxylation is 2. The van der Waals surface area contributed by atoms with Gasteiger partial charge in [0.1, 0.15) is 0 Å². The fourth-order valence-corrected chi connectivity index (χ4v) is 9.77. The molecule has 3 aromatic heterocycles. The van der Waals surface area contributed by atoms with E-state index in [0.717, 1.165) is 6.42 Å². The number of hydrogen-bond acceptors (Lipinski definition) is 0. The summed E-state index contributed by atoms with van der Waals surface area (Å²) in [6, 6.07) is 63.4. The number of fused-ring (bicyclic) bond motifs is 11. The summed E-state index contributed by atoms with van der Waals surface area (Å²) < 4.78 is 4.90. The Balaban J connectivity index is 0.986. The second-order valence-electron chi connectivity index (χ2n) is 15.2. The van der Waals surface area contributed by atoms with Crippen molar-refractivity contribution in [1.82, 2.24) is 8.97 Å². The molecule has 12 aromatic rings. The number of benzene rings is 9. The van der Waals surface area contributed by atoms with Gasteiger partial charge in [0, 0.05) is 38.0 Å². The van der Waals surface area contributed by atoms with Gasteiger partial charge in [-0.15, -0.1) is 0 Å². The number of aromatic nitrogens is 2. The molecular weight excluding hydrogens is 665 g/mol. The summed E-state index contributed by atoms with van der Waals surface area (Å²) in [5, 5.41) is 13.0. The molecule has 2 nitrogen and oxygen atoms in total. The van der Waals surface area contributed by atoms with Gasteiger partial charge in [-0.1, -0.05) is 122 Å². The van der Waals surface area contributed by atoms with Crippen LogP contribution in [-0.4, -0.2) is 8.97 Å². The van der Waals surface area contributed by atoms with E-state index in [1.165, 1.54) is 121 Å². The molecule has 0 unspecified atom stereocenters. The van der Waals surface area contributed by atoms with Crippen LogP contribution in [0.1, 0.15) is 18.1 Å². The van der Waals surface area contributed by atoms with Gasteiger partial charge in [0.15, 0.2) is 0 Å². The van der Waals surface area contributed by atoms with Gasteiger partial charge < -0.3 is 8.97 Å². The van der Waals surface area contributed by atoms with Gasteiger partial charge in [-0.25, -0.2) is 0 Å². The van der Waals surface area contributed by atoms with Gasteiger partial charge in [0.05, 0.1) is 27.6 Å². The predicted molar refractivity (Wildman–Crippen MR) is 235 cm³/mol. The first-order valence-electron chi connectivity index (χ1n) is 19.4. The highest BCUT2D eigenvalue weighted by Crippen LogP contribution is 2.43. The zero-order valence-electron chi connectivity index (χ0n) is 30.8. The monoisotopic (exact) mass is 700 g/mol. The zero-order chi connectivity index (χ0) is 36.4. The van der Waals surface area contributed by atoms with Crippen molar-refractivity contribution in [1.29, 1.82) is 0 Å². The van der Waals surface area contributed by atoms with Crippen LogP contribution in [0.25, 0.3) is 109 Å². The molecular formula is C53H36N2.